The average molecular weight is 374 g/mol. The third-order valence-electron chi connectivity index (χ3n) is 5.60. The Hall–Kier alpha value is -1.48. The van der Waals surface area contributed by atoms with Gasteiger partial charge in [-0.15, -0.1) is 0 Å². The van der Waals surface area contributed by atoms with Gasteiger partial charge in [0.1, 0.15) is 5.60 Å². The van der Waals surface area contributed by atoms with Gasteiger partial charge in [0.05, 0.1) is 0 Å². The van der Waals surface area contributed by atoms with Crippen LogP contribution in [0, 0.1) is 17.8 Å². The Morgan fingerprint density at radius 2 is 1.24 bits per heavy atom. The van der Waals surface area contributed by atoms with Crippen LogP contribution in [-0.2, 0) is 14.3 Å². The standard InChI is InChI=1S/C15H16F6O4/c16-13(17,10(22)23)15(20,21)14(18,19)11(24)25-12-4-7-1-8(5-12)3-9(2-7)6-12/h7-9H,1-6H2,(H,22,23). The normalized spacial score (nSPS) is 34.9. The maximum Gasteiger partial charge on any atom is 0.411 e. The molecule has 4 bridgehead atoms. The van der Waals surface area contributed by atoms with Crippen molar-refractivity contribution in [3.05, 3.63) is 0 Å². The molecule has 4 aliphatic carbocycles. The van der Waals surface area contributed by atoms with Gasteiger partial charge < -0.3 is 9.84 Å². The lowest BCUT2D eigenvalue weighted by atomic mass is 9.54. The minimum atomic E-state index is -6.41. The Kier molecular flexibility index (Phi) is 3.85. The van der Waals surface area contributed by atoms with Crippen molar-refractivity contribution in [1.29, 1.82) is 0 Å². The maximum absolute atomic E-state index is 13.8. The van der Waals surface area contributed by atoms with Crippen LogP contribution < -0.4 is 0 Å². The molecule has 0 amide bonds. The van der Waals surface area contributed by atoms with Crippen LogP contribution >= 0.6 is 0 Å². The molecule has 142 valence electrons. The van der Waals surface area contributed by atoms with E-state index >= 15 is 0 Å². The van der Waals surface area contributed by atoms with Gasteiger partial charge in [-0.2, -0.15) is 26.3 Å². The molecular weight excluding hydrogens is 358 g/mol. The summed E-state index contributed by atoms with van der Waals surface area (Å²) in [7, 11) is 0. The van der Waals surface area contributed by atoms with E-state index in [-0.39, 0.29) is 37.0 Å². The number of aliphatic carboxylic acids is 1. The van der Waals surface area contributed by atoms with Crippen LogP contribution in [0.2, 0.25) is 0 Å². The molecule has 4 aliphatic rings. The molecule has 0 unspecified atom stereocenters. The molecule has 10 heteroatoms. The first-order valence-corrected chi connectivity index (χ1v) is 7.91. The Morgan fingerprint density at radius 3 is 1.60 bits per heavy atom. The molecule has 25 heavy (non-hydrogen) atoms. The number of halogens is 6. The number of hydrogen-bond donors (Lipinski definition) is 1. The number of rotatable bonds is 5. The van der Waals surface area contributed by atoms with Crippen molar-refractivity contribution in [2.45, 2.75) is 61.9 Å². The second-order valence-corrected chi connectivity index (χ2v) is 7.52. The highest BCUT2D eigenvalue weighted by Crippen LogP contribution is 2.58. The summed E-state index contributed by atoms with van der Waals surface area (Å²) in [4.78, 5) is 21.9. The summed E-state index contributed by atoms with van der Waals surface area (Å²) in [6.07, 6.45) is 3.26. The van der Waals surface area contributed by atoms with Crippen molar-refractivity contribution >= 4 is 11.9 Å². The highest BCUT2D eigenvalue weighted by atomic mass is 19.3. The van der Waals surface area contributed by atoms with Crippen molar-refractivity contribution < 1.29 is 45.8 Å². The average Bonchev–Trinajstić information content (AvgIpc) is 2.44. The molecule has 4 fully saturated rings. The second kappa shape index (κ2) is 5.26. The van der Waals surface area contributed by atoms with Gasteiger partial charge in [0.25, 0.3) is 0 Å². The summed E-state index contributed by atoms with van der Waals surface area (Å²) >= 11 is 0. The molecule has 4 saturated carbocycles. The van der Waals surface area contributed by atoms with Crippen molar-refractivity contribution in [3.8, 4) is 0 Å². The molecule has 0 heterocycles. The van der Waals surface area contributed by atoms with Gasteiger partial charge >= 0.3 is 29.7 Å². The van der Waals surface area contributed by atoms with Crippen molar-refractivity contribution in [2.24, 2.45) is 17.8 Å². The van der Waals surface area contributed by atoms with Gasteiger partial charge in [-0.25, -0.2) is 9.59 Å². The first-order chi connectivity index (χ1) is 11.3. The predicted molar refractivity (Wildman–Crippen MR) is 69.5 cm³/mol. The number of carboxylic acid groups (broad SMARTS) is 1. The molecule has 0 aromatic heterocycles. The maximum atomic E-state index is 13.8. The lowest BCUT2D eigenvalue weighted by Gasteiger charge is -2.55. The van der Waals surface area contributed by atoms with Crippen LogP contribution in [0.25, 0.3) is 0 Å². The van der Waals surface area contributed by atoms with E-state index in [1.54, 1.807) is 0 Å². The summed E-state index contributed by atoms with van der Waals surface area (Å²) in [5.74, 6) is -24.3. The molecule has 1 N–H and O–H groups in total. The van der Waals surface area contributed by atoms with Crippen LogP contribution in [0.4, 0.5) is 26.3 Å². The zero-order chi connectivity index (χ0) is 18.8. The number of carbonyl (C=O) groups is 2. The van der Waals surface area contributed by atoms with E-state index in [0.29, 0.717) is 0 Å². The highest BCUT2D eigenvalue weighted by Gasteiger charge is 2.79. The summed E-state index contributed by atoms with van der Waals surface area (Å²) in [6.45, 7) is 0. The Balaban J connectivity index is 1.81. The number of ether oxygens (including phenoxy) is 1. The van der Waals surface area contributed by atoms with Gasteiger partial charge in [-0.05, 0) is 56.3 Å². The SMILES string of the molecule is O=C(O)C(F)(F)C(F)(F)C(F)(F)C(=O)OC12CC3CC(CC(C3)C1)C2. The largest absolute Gasteiger partial charge is 0.477 e. The molecular formula is C15H16F6O4. The number of alkyl halides is 6. The molecule has 0 radical (unpaired) electrons. The van der Waals surface area contributed by atoms with Crippen LogP contribution in [0.3, 0.4) is 0 Å². The predicted octanol–water partition coefficient (Wildman–Crippen LogP) is 3.49. The van der Waals surface area contributed by atoms with E-state index in [1.165, 1.54) is 0 Å². The first kappa shape index (κ1) is 18.3. The zero-order valence-corrected chi connectivity index (χ0v) is 12.9. The number of esters is 1. The van der Waals surface area contributed by atoms with Crippen molar-refractivity contribution in [2.75, 3.05) is 0 Å². The van der Waals surface area contributed by atoms with E-state index in [9.17, 15) is 35.9 Å². The van der Waals surface area contributed by atoms with E-state index in [2.05, 4.69) is 4.74 Å². The highest BCUT2D eigenvalue weighted by molar-refractivity contribution is 5.84. The smallest absolute Gasteiger partial charge is 0.411 e. The molecule has 0 aromatic rings. The molecule has 0 atom stereocenters. The third kappa shape index (κ3) is 2.59. The molecule has 4 nitrogen and oxygen atoms in total. The third-order valence-corrected chi connectivity index (χ3v) is 5.60. The van der Waals surface area contributed by atoms with Crippen LogP contribution in [0.1, 0.15) is 38.5 Å². The Morgan fingerprint density at radius 1 is 0.840 bits per heavy atom. The number of carbonyl (C=O) groups excluding carboxylic acids is 1. The van der Waals surface area contributed by atoms with E-state index in [1.807, 2.05) is 0 Å². The second-order valence-electron chi connectivity index (χ2n) is 7.52. The fraction of sp³-hybridized carbons (Fsp3) is 0.867. The van der Waals surface area contributed by atoms with Crippen LogP contribution in [0.5, 0.6) is 0 Å². The van der Waals surface area contributed by atoms with Gasteiger partial charge in [-0.1, -0.05) is 0 Å². The summed E-state index contributed by atoms with van der Waals surface area (Å²) in [5, 5.41) is 8.11. The van der Waals surface area contributed by atoms with Gasteiger partial charge in [0, 0.05) is 0 Å². The number of hydrogen-bond acceptors (Lipinski definition) is 3. The van der Waals surface area contributed by atoms with E-state index < -0.39 is 35.3 Å². The fourth-order valence-corrected chi connectivity index (χ4v) is 4.88. The van der Waals surface area contributed by atoms with Crippen molar-refractivity contribution in [1.82, 2.24) is 0 Å². The lowest BCUT2D eigenvalue weighted by molar-refractivity contribution is -0.305. The van der Waals surface area contributed by atoms with Gasteiger partial charge in [-0.3, -0.25) is 0 Å². The molecule has 4 rings (SSSR count). The molecule has 0 saturated heterocycles. The summed E-state index contributed by atoms with van der Waals surface area (Å²) < 4.78 is 85.2. The molecule has 0 aromatic carbocycles. The topological polar surface area (TPSA) is 63.6 Å². The van der Waals surface area contributed by atoms with E-state index in [4.69, 9.17) is 5.11 Å². The van der Waals surface area contributed by atoms with Gasteiger partial charge in [0.2, 0.25) is 0 Å². The Labute approximate surface area is 138 Å². The van der Waals surface area contributed by atoms with E-state index in [0.717, 1.165) is 19.3 Å². The quantitative estimate of drug-likeness (QED) is 0.591. The molecule has 0 aliphatic heterocycles. The van der Waals surface area contributed by atoms with Gasteiger partial charge in [0.15, 0.2) is 0 Å². The summed E-state index contributed by atoms with van der Waals surface area (Å²) in [5.41, 5.74) is -1.34. The minimum absolute atomic E-state index is 0.133. The number of carboxylic acids is 1. The lowest BCUT2D eigenvalue weighted by Crippen LogP contribution is -2.63. The fourth-order valence-electron chi connectivity index (χ4n) is 4.88. The van der Waals surface area contributed by atoms with Crippen molar-refractivity contribution in [3.63, 3.8) is 0 Å². The zero-order valence-electron chi connectivity index (χ0n) is 12.9. The van der Waals surface area contributed by atoms with Crippen LogP contribution in [-0.4, -0.2) is 40.4 Å². The Bertz CT molecular complexity index is 568. The van der Waals surface area contributed by atoms with Crippen LogP contribution in [0.15, 0.2) is 0 Å². The molecule has 0 spiro atoms. The first-order valence-electron chi connectivity index (χ1n) is 7.91. The monoisotopic (exact) mass is 374 g/mol. The summed E-state index contributed by atoms with van der Waals surface area (Å²) in [6, 6.07) is 0. The minimum Gasteiger partial charge on any atom is -0.477 e.